The molecule has 0 radical (unpaired) electrons. The Morgan fingerprint density at radius 1 is 1.31 bits per heavy atom. The van der Waals surface area contributed by atoms with E-state index in [2.05, 4.69) is 4.90 Å². The Labute approximate surface area is 99.3 Å². The summed E-state index contributed by atoms with van der Waals surface area (Å²) in [4.78, 5) is 2.55. The zero-order chi connectivity index (χ0) is 11.4. The van der Waals surface area contributed by atoms with E-state index >= 15 is 0 Å². The van der Waals surface area contributed by atoms with Gasteiger partial charge in [0, 0.05) is 39.2 Å². The third-order valence-electron chi connectivity index (χ3n) is 4.55. The van der Waals surface area contributed by atoms with Gasteiger partial charge in [-0.2, -0.15) is 0 Å². The van der Waals surface area contributed by atoms with Crippen molar-refractivity contribution in [2.75, 3.05) is 39.9 Å². The molecule has 1 heterocycles. The lowest BCUT2D eigenvalue weighted by Crippen LogP contribution is -2.35. The predicted molar refractivity (Wildman–Crippen MR) is 66.4 cm³/mol. The van der Waals surface area contributed by atoms with Crippen LogP contribution in [0.1, 0.15) is 32.1 Å². The second-order valence-electron chi connectivity index (χ2n) is 5.60. The SMILES string of the molecule is COC[C@H]1CN(CCN)CC12CCCCC2. The number of ether oxygens (including phenoxy) is 1. The van der Waals surface area contributed by atoms with Crippen LogP contribution in [0.4, 0.5) is 0 Å². The molecule has 1 saturated carbocycles. The van der Waals surface area contributed by atoms with Crippen molar-refractivity contribution in [3.63, 3.8) is 0 Å². The molecule has 0 aromatic carbocycles. The molecule has 0 aromatic rings. The van der Waals surface area contributed by atoms with Crippen LogP contribution in [0.25, 0.3) is 0 Å². The van der Waals surface area contributed by atoms with Gasteiger partial charge in [0.25, 0.3) is 0 Å². The van der Waals surface area contributed by atoms with Crippen molar-refractivity contribution in [1.29, 1.82) is 0 Å². The first-order valence-electron chi connectivity index (χ1n) is 6.72. The summed E-state index contributed by atoms with van der Waals surface area (Å²) in [6.45, 7) is 5.24. The van der Waals surface area contributed by atoms with Crippen LogP contribution in [-0.2, 0) is 4.74 Å². The summed E-state index contributed by atoms with van der Waals surface area (Å²) in [6.07, 6.45) is 7.07. The predicted octanol–water partition coefficient (Wildman–Crippen LogP) is 1.47. The van der Waals surface area contributed by atoms with Gasteiger partial charge in [0.05, 0.1) is 6.61 Å². The van der Waals surface area contributed by atoms with Gasteiger partial charge in [-0.3, -0.25) is 0 Å². The van der Waals surface area contributed by atoms with Crippen molar-refractivity contribution in [1.82, 2.24) is 4.90 Å². The van der Waals surface area contributed by atoms with Crippen LogP contribution in [0.2, 0.25) is 0 Å². The van der Waals surface area contributed by atoms with Gasteiger partial charge in [-0.25, -0.2) is 0 Å². The molecule has 1 saturated heterocycles. The number of methoxy groups -OCH3 is 1. The number of nitrogens with two attached hydrogens (primary N) is 1. The maximum atomic E-state index is 5.67. The molecule has 1 spiro atoms. The first-order valence-corrected chi connectivity index (χ1v) is 6.72. The molecule has 0 amide bonds. The molecular weight excluding hydrogens is 200 g/mol. The molecule has 16 heavy (non-hydrogen) atoms. The number of likely N-dealkylation sites (tertiary alicyclic amines) is 1. The van der Waals surface area contributed by atoms with E-state index in [1.54, 1.807) is 0 Å². The molecule has 1 atom stereocenters. The maximum Gasteiger partial charge on any atom is 0.0508 e. The van der Waals surface area contributed by atoms with Crippen molar-refractivity contribution in [3.8, 4) is 0 Å². The van der Waals surface area contributed by atoms with Gasteiger partial charge >= 0.3 is 0 Å². The monoisotopic (exact) mass is 226 g/mol. The zero-order valence-corrected chi connectivity index (χ0v) is 10.6. The van der Waals surface area contributed by atoms with Crippen LogP contribution in [-0.4, -0.2) is 44.8 Å². The fourth-order valence-electron chi connectivity index (χ4n) is 3.75. The van der Waals surface area contributed by atoms with Crippen LogP contribution < -0.4 is 5.73 Å². The number of nitrogens with zero attached hydrogens (tertiary/aromatic N) is 1. The summed E-state index contributed by atoms with van der Waals surface area (Å²) in [5.74, 6) is 0.740. The summed E-state index contributed by atoms with van der Waals surface area (Å²) in [6, 6.07) is 0. The van der Waals surface area contributed by atoms with Crippen LogP contribution in [0.15, 0.2) is 0 Å². The van der Waals surface area contributed by atoms with Gasteiger partial charge in [-0.1, -0.05) is 19.3 Å². The number of hydrogen-bond donors (Lipinski definition) is 1. The zero-order valence-electron chi connectivity index (χ0n) is 10.6. The molecule has 2 aliphatic rings. The van der Waals surface area contributed by atoms with Gasteiger partial charge < -0.3 is 15.4 Å². The van der Waals surface area contributed by atoms with Crippen molar-refractivity contribution in [3.05, 3.63) is 0 Å². The molecule has 1 aliphatic heterocycles. The molecule has 0 unspecified atom stereocenters. The fourth-order valence-corrected chi connectivity index (χ4v) is 3.75. The van der Waals surface area contributed by atoms with Crippen molar-refractivity contribution >= 4 is 0 Å². The van der Waals surface area contributed by atoms with Crippen LogP contribution >= 0.6 is 0 Å². The summed E-state index contributed by atoms with van der Waals surface area (Å²) >= 11 is 0. The molecule has 2 N–H and O–H groups in total. The van der Waals surface area contributed by atoms with E-state index in [0.717, 1.165) is 25.6 Å². The average Bonchev–Trinajstić information content (AvgIpc) is 2.59. The van der Waals surface area contributed by atoms with Gasteiger partial charge in [0.15, 0.2) is 0 Å². The minimum absolute atomic E-state index is 0.559. The highest BCUT2D eigenvalue weighted by Crippen LogP contribution is 2.47. The van der Waals surface area contributed by atoms with Crippen LogP contribution in [0, 0.1) is 11.3 Å². The topological polar surface area (TPSA) is 38.5 Å². The Morgan fingerprint density at radius 3 is 2.69 bits per heavy atom. The Morgan fingerprint density at radius 2 is 2.06 bits per heavy atom. The first kappa shape index (κ1) is 12.3. The second-order valence-corrected chi connectivity index (χ2v) is 5.60. The van der Waals surface area contributed by atoms with E-state index < -0.39 is 0 Å². The summed E-state index contributed by atoms with van der Waals surface area (Å²) in [7, 11) is 1.84. The molecular formula is C13H26N2O. The highest BCUT2D eigenvalue weighted by atomic mass is 16.5. The molecule has 94 valence electrons. The van der Waals surface area contributed by atoms with Gasteiger partial charge in [0.2, 0.25) is 0 Å². The number of rotatable bonds is 4. The smallest absolute Gasteiger partial charge is 0.0508 e. The highest BCUT2D eigenvalue weighted by molar-refractivity contribution is 4.98. The quantitative estimate of drug-likeness (QED) is 0.789. The van der Waals surface area contributed by atoms with E-state index in [9.17, 15) is 0 Å². The fraction of sp³-hybridized carbons (Fsp3) is 1.00. The molecule has 3 heteroatoms. The minimum Gasteiger partial charge on any atom is -0.384 e. The Bertz CT molecular complexity index is 214. The molecule has 0 bridgehead atoms. The van der Waals surface area contributed by atoms with Crippen molar-refractivity contribution < 1.29 is 4.74 Å². The molecule has 0 aromatic heterocycles. The molecule has 2 fully saturated rings. The van der Waals surface area contributed by atoms with Crippen molar-refractivity contribution in [2.24, 2.45) is 17.1 Å². The van der Waals surface area contributed by atoms with E-state index in [0.29, 0.717) is 5.41 Å². The Balaban J connectivity index is 2.01. The Kier molecular flexibility index (Phi) is 4.22. The van der Waals surface area contributed by atoms with E-state index in [4.69, 9.17) is 10.5 Å². The van der Waals surface area contributed by atoms with Crippen LogP contribution in [0.3, 0.4) is 0 Å². The van der Waals surface area contributed by atoms with Crippen molar-refractivity contribution in [2.45, 2.75) is 32.1 Å². The second kappa shape index (κ2) is 5.48. The summed E-state index contributed by atoms with van der Waals surface area (Å²) in [5, 5.41) is 0. The molecule has 3 nitrogen and oxygen atoms in total. The van der Waals surface area contributed by atoms with E-state index in [1.165, 1.54) is 45.2 Å². The molecule has 1 aliphatic carbocycles. The van der Waals surface area contributed by atoms with Gasteiger partial charge in [0.1, 0.15) is 0 Å². The third-order valence-corrected chi connectivity index (χ3v) is 4.55. The van der Waals surface area contributed by atoms with Gasteiger partial charge in [-0.15, -0.1) is 0 Å². The van der Waals surface area contributed by atoms with Gasteiger partial charge in [-0.05, 0) is 18.3 Å². The maximum absolute atomic E-state index is 5.67. The van der Waals surface area contributed by atoms with E-state index in [1.807, 2.05) is 7.11 Å². The lowest BCUT2D eigenvalue weighted by molar-refractivity contribution is 0.0666. The lowest BCUT2D eigenvalue weighted by Gasteiger charge is -2.38. The lowest BCUT2D eigenvalue weighted by atomic mass is 9.68. The summed E-state index contributed by atoms with van der Waals surface area (Å²) < 4.78 is 5.42. The number of hydrogen-bond acceptors (Lipinski definition) is 3. The van der Waals surface area contributed by atoms with Crippen LogP contribution in [0.5, 0.6) is 0 Å². The average molecular weight is 226 g/mol. The largest absolute Gasteiger partial charge is 0.384 e. The minimum atomic E-state index is 0.559. The standard InChI is InChI=1S/C13H26N2O/c1-16-10-12-9-15(8-7-14)11-13(12)5-3-2-4-6-13/h12H,2-11,14H2,1H3/t12-/m1/s1. The Hall–Kier alpha value is -0.120. The first-order chi connectivity index (χ1) is 7.80. The molecule has 2 rings (SSSR count). The normalized spacial score (nSPS) is 30.0. The highest BCUT2D eigenvalue weighted by Gasteiger charge is 2.46. The third kappa shape index (κ3) is 2.41. The summed E-state index contributed by atoms with van der Waals surface area (Å²) in [5.41, 5.74) is 6.23. The van der Waals surface area contributed by atoms with E-state index in [-0.39, 0.29) is 0 Å².